The van der Waals surface area contributed by atoms with Gasteiger partial charge in [-0.25, -0.2) is 8.42 Å². The number of fused-ring (bicyclic) bond motifs is 2. The van der Waals surface area contributed by atoms with Gasteiger partial charge in [-0.2, -0.15) is 0 Å². The minimum absolute atomic E-state index is 0.294. The summed E-state index contributed by atoms with van der Waals surface area (Å²) >= 11 is 0. The number of anilines is 1. The van der Waals surface area contributed by atoms with E-state index in [0.717, 1.165) is 47.7 Å². The first-order valence-electron chi connectivity index (χ1n) is 12.3. The van der Waals surface area contributed by atoms with Gasteiger partial charge in [-0.1, -0.05) is 63.1 Å². The molecule has 0 aliphatic heterocycles. The van der Waals surface area contributed by atoms with Crippen molar-refractivity contribution in [2.24, 2.45) is 0 Å². The fraction of sp³-hybridized carbons (Fsp3) is 0.357. The van der Waals surface area contributed by atoms with Crippen molar-refractivity contribution in [2.75, 3.05) is 24.4 Å². The van der Waals surface area contributed by atoms with Crippen LogP contribution in [0, 0.1) is 0 Å². The Morgan fingerprint density at radius 2 is 1.59 bits per heavy atom. The van der Waals surface area contributed by atoms with Crippen LogP contribution in [-0.2, 0) is 16.4 Å². The molecule has 1 heterocycles. The molecule has 0 radical (unpaired) electrons. The zero-order chi connectivity index (χ0) is 24.0. The summed E-state index contributed by atoms with van der Waals surface area (Å²) < 4.78 is 29.3. The number of sulfonamides is 1. The van der Waals surface area contributed by atoms with E-state index in [9.17, 15) is 8.42 Å². The molecule has 0 atom stereocenters. The highest BCUT2D eigenvalue weighted by molar-refractivity contribution is 7.93. The summed E-state index contributed by atoms with van der Waals surface area (Å²) in [6, 6.07) is 18.6. The molecule has 0 bridgehead atoms. The molecular formula is C28H35N3O2S. The number of unbranched alkanes of at least 4 members (excludes halogenated alkanes) is 2. The van der Waals surface area contributed by atoms with Crippen molar-refractivity contribution in [2.45, 2.75) is 50.8 Å². The second-order valence-corrected chi connectivity index (χ2v) is 10.6. The Kier molecular flexibility index (Phi) is 7.91. The number of hydrogen-bond donors (Lipinski definition) is 2. The van der Waals surface area contributed by atoms with E-state index in [1.54, 1.807) is 12.1 Å². The van der Waals surface area contributed by atoms with Crippen LogP contribution in [0.5, 0.6) is 0 Å². The number of rotatable bonds is 12. The van der Waals surface area contributed by atoms with Gasteiger partial charge in [0, 0.05) is 34.7 Å². The molecule has 3 aromatic carbocycles. The highest BCUT2D eigenvalue weighted by Gasteiger charge is 2.18. The van der Waals surface area contributed by atoms with Gasteiger partial charge in [-0.05, 0) is 67.6 Å². The SMILES string of the molecule is CCCCN(CCCC)CCc1c[nH]c2ccc(NS(=O)(=O)c3cccc4ccccc34)cc12. The van der Waals surface area contributed by atoms with E-state index < -0.39 is 10.0 Å². The largest absolute Gasteiger partial charge is 0.361 e. The summed E-state index contributed by atoms with van der Waals surface area (Å²) in [5.74, 6) is 0. The number of aromatic amines is 1. The molecule has 1 aromatic heterocycles. The molecule has 180 valence electrons. The highest BCUT2D eigenvalue weighted by atomic mass is 32.2. The molecule has 0 amide bonds. The van der Waals surface area contributed by atoms with Crippen molar-refractivity contribution < 1.29 is 8.42 Å². The molecule has 34 heavy (non-hydrogen) atoms. The number of nitrogens with one attached hydrogen (secondary N) is 2. The second kappa shape index (κ2) is 11.1. The lowest BCUT2D eigenvalue weighted by molar-refractivity contribution is 0.268. The second-order valence-electron chi connectivity index (χ2n) is 8.96. The van der Waals surface area contributed by atoms with Gasteiger partial charge in [0.25, 0.3) is 10.0 Å². The monoisotopic (exact) mass is 477 g/mol. The van der Waals surface area contributed by atoms with E-state index in [2.05, 4.69) is 34.7 Å². The van der Waals surface area contributed by atoms with Crippen molar-refractivity contribution in [1.29, 1.82) is 0 Å². The number of nitrogens with zero attached hydrogens (tertiary/aromatic N) is 1. The minimum Gasteiger partial charge on any atom is -0.361 e. The number of H-pyrrole nitrogens is 1. The Morgan fingerprint density at radius 3 is 2.35 bits per heavy atom. The van der Waals surface area contributed by atoms with Crippen molar-refractivity contribution in [3.05, 3.63) is 72.4 Å². The first-order valence-corrected chi connectivity index (χ1v) is 13.8. The van der Waals surface area contributed by atoms with Gasteiger partial charge in [0.1, 0.15) is 0 Å². The molecule has 0 saturated heterocycles. The lowest BCUT2D eigenvalue weighted by Crippen LogP contribution is -2.28. The summed E-state index contributed by atoms with van der Waals surface area (Å²) in [5, 5.41) is 2.70. The Labute approximate surface area is 203 Å². The van der Waals surface area contributed by atoms with E-state index in [1.165, 1.54) is 31.2 Å². The van der Waals surface area contributed by atoms with Crippen molar-refractivity contribution in [3.63, 3.8) is 0 Å². The van der Waals surface area contributed by atoms with Gasteiger partial charge < -0.3 is 9.88 Å². The Balaban J connectivity index is 1.55. The summed E-state index contributed by atoms with van der Waals surface area (Å²) in [6.07, 6.45) is 7.85. The van der Waals surface area contributed by atoms with Crippen LogP contribution in [0.1, 0.15) is 45.1 Å². The van der Waals surface area contributed by atoms with E-state index in [1.807, 2.05) is 48.5 Å². The fourth-order valence-electron chi connectivity index (χ4n) is 4.47. The van der Waals surface area contributed by atoms with E-state index >= 15 is 0 Å². The third kappa shape index (κ3) is 5.62. The standard InChI is InChI=1S/C28H35N3O2S/c1-3-5-17-31(18-6-4-2)19-16-23-21-29-27-15-14-24(20-26(23)27)30-34(32,33)28-13-9-11-22-10-7-8-12-25(22)28/h7-15,20-21,29-30H,3-6,16-19H2,1-2H3. The zero-order valence-corrected chi connectivity index (χ0v) is 21.0. The molecule has 6 heteroatoms. The van der Waals surface area contributed by atoms with Gasteiger partial charge in [0.05, 0.1) is 4.90 Å². The molecule has 0 spiro atoms. The summed E-state index contributed by atoms with van der Waals surface area (Å²) in [6.45, 7) is 7.75. The number of hydrogen-bond acceptors (Lipinski definition) is 3. The third-order valence-corrected chi connectivity index (χ3v) is 7.85. The predicted molar refractivity (Wildman–Crippen MR) is 143 cm³/mol. The normalized spacial score (nSPS) is 12.1. The van der Waals surface area contributed by atoms with Crippen molar-refractivity contribution in [1.82, 2.24) is 9.88 Å². The van der Waals surface area contributed by atoms with Gasteiger partial charge in [-0.15, -0.1) is 0 Å². The van der Waals surface area contributed by atoms with Gasteiger partial charge in [0.15, 0.2) is 0 Å². The zero-order valence-electron chi connectivity index (χ0n) is 20.2. The lowest BCUT2D eigenvalue weighted by atomic mass is 10.1. The van der Waals surface area contributed by atoms with Crippen LogP contribution < -0.4 is 4.72 Å². The Morgan fingerprint density at radius 1 is 0.853 bits per heavy atom. The smallest absolute Gasteiger partial charge is 0.262 e. The summed E-state index contributed by atoms with van der Waals surface area (Å²) in [4.78, 5) is 6.20. The lowest BCUT2D eigenvalue weighted by Gasteiger charge is -2.21. The van der Waals surface area contributed by atoms with E-state index in [0.29, 0.717) is 10.6 Å². The third-order valence-electron chi connectivity index (χ3n) is 6.41. The Hall–Kier alpha value is -2.83. The molecule has 0 aliphatic rings. The maximum atomic E-state index is 13.3. The van der Waals surface area contributed by atoms with Crippen LogP contribution in [0.3, 0.4) is 0 Å². The molecule has 0 unspecified atom stereocenters. The number of aromatic nitrogens is 1. The average Bonchev–Trinajstić information content (AvgIpc) is 3.25. The van der Waals surface area contributed by atoms with Crippen LogP contribution in [0.2, 0.25) is 0 Å². The molecule has 0 aliphatic carbocycles. The Bertz CT molecular complexity index is 1330. The molecule has 0 saturated carbocycles. The van der Waals surface area contributed by atoms with Crippen molar-refractivity contribution in [3.8, 4) is 0 Å². The van der Waals surface area contributed by atoms with Gasteiger partial charge >= 0.3 is 0 Å². The van der Waals surface area contributed by atoms with Crippen LogP contribution >= 0.6 is 0 Å². The fourth-order valence-corrected chi connectivity index (χ4v) is 5.75. The van der Waals surface area contributed by atoms with E-state index in [4.69, 9.17) is 0 Å². The topological polar surface area (TPSA) is 65.2 Å². The number of benzene rings is 3. The van der Waals surface area contributed by atoms with Crippen LogP contribution in [0.25, 0.3) is 21.7 Å². The highest BCUT2D eigenvalue weighted by Crippen LogP contribution is 2.27. The van der Waals surface area contributed by atoms with Gasteiger partial charge in [-0.3, -0.25) is 4.72 Å². The molecular weight excluding hydrogens is 442 g/mol. The average molecular weight is 478 g/mol. The molecule has 0 fully saturated rings. The van der Waals surface area contributed by atoms with Crippen LogP contribution in [0.15, 0.2) is 71.8 Å². The van der Waals surface area contributed by atoms with Crippen molar-refractivity contribution >= 4 is 37.4 Å². The van der Waals surface area contributed by atoms with E-state index in [-0.39, 0.29) is 0 Å². The molecule has 2 N–H and O–H groups in total. The minimum atomic E-state index is -3.72. The summed E-state index contributed by atoms with van der Waals surface area (Å²) in [5.41, 5.74) is 2.83. The summed E-state index contributed by atoms with van der Waals surface area (Å²) in [7, 11) is -3.72. The first-order chi connectivity index (χ1) is 16.5. The van der Waals surface area contributed by atoms with Crippen LogP contribution in [0.4, 0.5) is 5.69 Å². The predicted octanol–water partition coefficient (Wildman–Crippen LogP) is 6.57. The quantitative estimate of drug-likeness (QED) is 0.243. The first kappa shape index (κ1) is 24.3. The van der Waals surface area contributed by atoms with Gasteiger partial charge in [0.2, 0.25) is 0 Å². The van der Waals surface area contributed by atoms with Crippen LogP contribution in [-0.4, -0.2) is 37.9 Å². The molecule has 4 aromatic rings. The maximum Gasteiger partial charge on any atom is 0.262 e. The molecule has 5 nitrogen and oxygen atoms in total. The molecule has 4 rings (SSSR count). The maximum absolute atomic E-state index is 13.3.